The van der Waals surface area contributed by atoms with Gasteiger partial charge in [-0.05, 0) is 43.7 Å². The van der Waals surface area contributed by atoms with Crippen LogP contribution in [0.2, 0.25) is 0 Å². The van der Waals surface area contributed by atoms with Gasteiger partial charge in [0.2, 0.25) is 5.91 Å². The van der Waals surface area contributed by atoms with Gasteiger partial charge in [0.1, 0.15) is 6.04 Å². The highest BCUT2D eigenvalue weighted by atomic mass is 32.1. The van der Waals surface area contributed by atoms with Crippen molar-refractivity contribution in [2.24, 2.45) is 0 Å². The molecule has 2 aliphatic rings. The number of amides is 2. The molecule has 136 valence electrons. The van der Waals surface area contributed by atoms with Gasteiger partial charge >= 0.3 is 0 Å². The average molecular weight is 378 g/mol. The Bertz CT molecular complexity index is 1080. The summed E-state index contributed by atoms with van der Waals surface area (Å²) in [6.07, 6.45) is 0.605. The second-order valence-corrected chi connectivity index (χ2v) is 8.23. The Morgan fingerprint density at radius 3 is 3.04 bits per heavy atom. The van der Waals surface area contributed by atoms with Gasteiger partial charge in [-0.25, -0.2) is 4.98 Å². The number of aromatic nitrogens is 1. The van der Waals surface area contributed by atoms with E-state index in [1.54, 1.807) is 17.4 Å². The molecule has 2 atom stereocenters. The van der Waals surface area contributed by atoms with Crippen molar-refractivity contribution in [3.8, 4) is 0 Å². The van der Waals surface area contributed by atoms with Crippen LogP contribution in [0, 0.1) is 6.92 Å². The van der Waals surface area contributed by atoms with Crippen molar-refractivity contribution in [3.63, 3.8) is 0 Å². The number of nitrogens with one attached hydrogen (secondary N) is 2. The normalized spacial score (nSPS) is 20.9. The lowest BCUT2D eigenvalue weighted by atomic mass is 10.1. The smallest absolute Gasteiger partial charge is 0.251 e. The van der Waals surface area contributed by atoms with E-state index in [9.17, 15) is 9.59 Å². The van der Waals surface area contributed by atoms with Crippen LogP contribution < -0.4 is 15.5 Å². The largest absolute Gasteiger partial charge is 0.356 e. The minimum Gasteiger partial charge on any atom is -0.356 e. The van der Waals surface area contributed by atoms with Crippen molar-refractivity contribution >= 4 is 44.7 Å². The number of thiazole rings is 1. The molecule has 2 aromatic carbocycles. The zero-order chi connectivity index (χ0) is 18.5. The fraction of sp³-hybridized carbons (Fsp3) is 0.250. The van der Waals surface area contributed by atoms with Gasteiger partial charge in [0.05, 0.1) is 26.6 Å². The van der Waals surface area contributed by atoms with Crippen molar-refractivity contribution in [2.75, 3.05) is 16.8 Å². The van der Waals surface area contributed by atoms with Gasteiger partial charge in [-0.2, -0.15) is 0 Å². The van der Waals surface area contributed by atoms with Gasteiger partial charge in [0.25, 0.3) is 5.91 Å². The molecular formula is C20H18N4O2S. The maximum Gasteiger partial charge on any atom is 0.251 e. The van der Waals surface area contributed by atoms with Gasteiger partial charge < -0.3 is 15.5 Å². The van der Waals surface area contributed by atoms with Crippen LogP contribution in [-0.4, -0.2) is 35.4 Å². The lowest BCUT2D eigenvalue weighted by Gasteiger charge is -2.32. The standard InChI is InChI=1S/C20H18N4O2S/c1-11-21-15-7-6-12(8-18(15)27-11)19(25)22-13-9-17-20(26)23-14-4-2-3-5-16(14)24(17)10-13/h2-8,13,17H,9-10H2,1H3,(H,22,25)(H,23,26). The summed E-state index contributed by atoms with van der Waals surface area (Å²) in [4.78, 5) is 31.7. The number of fused-ring (bicyclic) bond motifs is 4. The van der Waals surface area contributed by atoms with Crippen LogP contribution in [0.3, 0.4) is 0 Å². The third-order valence-electron chi connectivity index (χ3n) is 5.17. The highest BCUT2D eigenvalue weighted by Crippen LogP contribution is 2.36. The van der Waals surface area contributed by atoms with E-state index in [0.29, 0.717) is 18.5 Å². The number of carbonyl (C=O) groups is 2. The lowest BCUT2D eigenvalue weighted by molar-refractivity contribution is -0.117. The predicted molar refractivity (Wildman–Crippen MR) is 106 cm³/mol. The zero-order valence-electron chi connectivity index (χ0n) is 14.7. The van der Waals surface area contributed by atoms with Crippen LogP contribution in [0.5, 0.6) is 0 Å². The van der Waals surface area contributed by atoms with E-state index in [4.69, 9.17) is 0 Å². The highest BCUT2D eigenvalue weighted by Gasteiger charge is 2.41. The number of aryl methyl sites for hydroxylation is 1. The molecule has 2 aliphatic heterocycles. The summed E-state index contributed by atoms with van der Waals surface area (Å²) in [7, 11) is 0. The van der Waals surface area contributed by atoms with E-state index in [0.717, 1.165) is 26.6 Å². The van der Waals surface area contributed by atoms with Crippen molar-refractivity contribution < 1.29 is 9.59 Å². The molecule has 1 aromatic heterocycles. The molecule has 0 bridgehead atoms. The number of hydrogen-bond donors (Lipinski definition) is 2. The molecular weight excluding hydrogens is 360 g/mol. The van der Waals surface area contributed by atoms with Crippen molar-refractivity contribution in [3.05, 3.63) is 53.0 Å². The zero-order valence-corrected chi connectivity index (χ0v) is 15.5. The molecule has 6 nitrogen and oxygen atoms in total. The first-order valence-electron chi connectivity index (χ1n) is 8.93. The number of rotatable bonds is 2. The summed E-state index contributed by atoms with van der Waals surface area (Å²) in [6.45, 7) is 2.59. The summed E-state index contributed by atoms with van der Waals surface area (Å²) in [5, 5.41) is 7.04. The van der Waals surface area contributed by atoms with Crippen molar-refractivity contribution in [2.45, 2.75) is 25.4 Å². The molecule has 0 spiro atoms. The maximum absolute atomic E-state index is 12.7. The summed E-state index contributed by atoms with van der Waals surface area (Å²) in [6, 6.07) is 13.1. The Balaban J connectivity index is 1.36. The molecule has 2 unspecified atom stereocenters. The fourth-order valence-corrected chi connectivity index (χ4v) is 4.82. The van der Waals surface area contributed by atoms with Crippen molar-refractivity contribution in [1.29, 1.82) is 0 Å². The molecule has 1 saturated heterocycles. The Morgan fingerprint density at radius 2 is 2.15 bits per heavy atom. The van der Waals surface area contributed by atoms with Gasteiger partial charge in [0.15, 0.2) is 0 Å². The van der Waals surface area contributed by atoms with Gasteiger partial charge in [-0.3, -0.25) is 9.59 Å². The quantitative estimate of drug-likeness (QED) is 0.719. The number of carbonyl (C=O) groups excluding carboxylic acids is 2. The first-order valence-corrected chi connectivity index (χ1v) is 9.75. The van der Waals surface area contributed by atoms with Crippen LogP contribution >= 0.6 is 11.3 Å². The van der Waals surface area contributed by atoms with E-state index in [-0.39, 0.29) is 23.9 Å². The first kappa shape index (κ1) is 16.3. The van der Waals surface area contributed by atoms with Crippen LogP contribution in [0.15, 0.2) is 42.5 Å². The molecule has 3 heterocycles. The molecule has 5 rings (SSSR count). The molecule has 0 saturated carbocycles. The second-order valence-electron chi connectivity index (χ2n) is 7.00. The minimum absolute atomic E-state index is 0.00740. The van der Waals surface area contributed by atoms with E-state index < -0.39 is 0 Å². The maximum atomic E-state index is 12.7. The average Bonchev–Trinajstić information content (AvgIpc) is 3.24. The molecule has 2 N–H and O–H groups in total. The van der Waals surface area contributed by atoms with Gasteiger partial charge in [0, 0.05) is 18.2 Å². The summed E-state index contributed by atoms with van der Waals surface area (Å²) in [5.41, 5.74) is 3.39. The molecule has 27 heavy (non-hydrogen) atoms. The summed E-state index contributed by atoms with van der Waals surface area (Å²) in [5.74, 6) is -0.117. The monoisotopic (exact) mass is 378 g/mol. The lowest BCUT2D eigenvalue weighted by Crippen LogP contribution is -2.44. The number of para-hydroxylation sites is 2. The Morgan fingerprint density at radius 1 is 1.30 bits per heavy atom. The second kappa shape index (κ2) is 6.06. The summed E-state index contributed by atoms with van der Waals surface area (Å²) >= 11 is 1.58. The molecule has 1 fully saturated rings. The number of anilines is 2. The Labute approximate surface area is 160 Å². The number of hydrogen-bond acceptors (Lipinski definition) is 5. The molecule has 3 aromatic rings. The van der Waals surface area contributed by atoms with Crippen LogP contribution in [-0.2, 0) is 4.79 Å². The molecule has 0 radical (unpaired) electrons. The van der Waals surface area contributed by atoms with E-state index in [1.165, 1.54) is 0 Å². The number of nitrogens with zero attached hydrogens (tertiary/aromatic N) is 2. The predicted octanol–water partition coefficient (Wildman–Crippen LogP) is 2.93. The van der Waals surface area contributed by atoms with E-state index in [1.807, 2.05) is 43.3 Å². The Kier molecular flexibility index (Phi) is 3.65. The molecule has 7 heteroatoms. The third kappa shape index (κ3) is 2.75. The van der Waals surface area contributed by atoms with E-state index in [2.05, 4.69) is 20.5 Å². The number of benzene rings is 2. The minimum atomic E-state index is -0.239. The highest BCUT2D eigenvalue weighted by molar-refractivity contribution is 7.18. The van der Waals surface area contributed by atoms with Gasteiger partial charge in [-0.1, -0.05) is 12.1 Å². The van der Waals surface area contributed by atoms with Crippen molar-refractivity contribution in [1.82, 2.24) is 10.3 Å². The van der Waals surface area contributed by atoms with Crippen LogP contribution in [0.4, 0.5) is 11.4 Å². The van der Waals surface area contributed by atoms with Gasteiger partial charge in [-0.15, -0.1) is 11.3 Å². The SMILES string of the molecule is Cc1nc2ccc(C(=O)NC3CC4C(=O)Nc5ccccc5N4C3)cc2s1. The topological polar surface area (TPSA) is 74.3 Å². The summed E-state index contributed by atoms with van der Waals surface area (Å²) < 4.78 is 1.01. The first-order chi connectivity index (χ1) is 13.1. The fourth-order valence-electron chi connectivity index (χ4n) is 3.95. The molecule has 2 amide bonds. The third-order valence-corrected chi connectivity index (χ3v) is 6.10. The molecule has 0 aliphatic carbocycles. The Hall–Kier alpha value is -2.93. The van der Waals surface area contributed by atoms with E-state index >= 15 is 0 Å². The van der Waals surface area contributed by atoms with Crippen LogP contribution in [0.1, 0.15) is 21.8 Å². The van der Waals surface area contributed by atoms with Crippen LogP contribution in [0.25, 0.3) is 10.2 Å².